The van der Waals surface area contributed by atoms with Gasteiger partial charge in [-0.3, -0.25) is 0 Å². The Kier molecular flexibility index (Phi) is 3.12. The fraction of sp³-hybridized carbons (Fsp3) is 0.143. The zero-order valence-corrected chi connectivity index (χ0v) is 10.5. The van der Waals surface area contributed by atoms with Gasteiger partial charge in [0.05, 0.1) is 12.7 Å². The van der Waals surface area contributed by atoms with Gasteiger partial charge in [0.2, 0.25) is 0 Å². The first kappa shape index (κ1) is 11.7. The first-order chi connectivity index (χ1) is 9.38. The Bertz CT molecular complexity index is 614. The van der Waals surface area contributed by atoms with Crippen LogP contribution in [0, 0.1) is 0 Å². The van der Waals surface area contributed by atoms with Crippen molar-refractivity contribution < 1.29 is 4.74 Å². The fourth-order valence-electron chi connectivity index (χ4n) is 2.06. The zero-order valence-electron chi connectivity index (χ0n) is 10.5. The van der Waals surface area contributed by atoms with E-state index in [1.54, 1.807) is 32.2 Å². The van der Waals surface area contributed by atoms with E-state index in [2.05, 4.69) is 9.97 Å². The Balaban J connectivity index is 1.89. The molecule has 3 aromatic rings. The molecule has 1 atom stereocenters. The van der Waals surface area contributed by atoms with Gasteiger partial charge in [0.15, 0.2) is 6.23 Å². The number of imidazole rings is 2. The van der Waals surface area contributed by atoms with Gasteiger partial charge in [0.25, 0.3) is 0 Å². The molecule has 2 aromatic heterocycles. The molecule has 0 saturated carbocycles. The molecule has 96 valence electrons. The lowest BCUT2D eigenvalue weighted by atomic mass is 10.1. The topological polar surface area (TPSA) is 44.9 Å². The van der Waals surface area contributed by atoms with Crippen molar-refractivity contribution in [1.82, 2.24) is 19.1 Å². The van der Waals surface area contributed by atoms with E-state index in [1.807, 2.05) is 45.8 Å². The van der Waals surface area contributed by atoms with Gasteiger partial charge >= 0.3 is 0 Å². The van der Waals surface area contributed by atoms with Crippen LogP contribution in [0.4, 0.5) is 0 Å². The van der Waals surface area contributed by atoms with E-state index >= 15 is 0 Å². The number of ether oxygens (including phenoxy) is 1. The third-order valence-electron chi connectivity index (χ3n) is 3.00. The highest BCUT2D eigenvalue weighted by Gasteiger charge is 2.11. The quantitative estimate of drug-likeness (QED) is 0.717. The van der Waals surface area contributed by atoms with E-state index in [-0.39, 0.29) is 6.23 Å². The second-order valence-corrected chi connectivity index (χ2v) is 4.16. The van der Waals surface area contributed by atoms with Gasteiger partial charge < -0.3 is 13.9 Å². The van der Waals surface area contributed by atoms with Gasteiger partial charge in [-0.1, -0.05) is 12.1 Å². The van der Waals surface area contributed by atoms with Gasteiger partial charge in [0, 0.05) is 43.1 Å². The van der Waals surface area contributed by atoms with Crippen LogP contribution in [-0.2, 0) is 4.74 Å². The molecule has 1 aromatic carbocycles. The lowest BCUT2D eigenvalue weighted by Gasteiger charge is -2.17. The second kappa shape index (κ2) is 5.07. The number of hydrogen-bond donors (Lipinski definition) is 0. The summed E-state index contributed by atoms with van der Waals surface area (Å²) in [6.45, 7) is 0. The Morgan fingerprint density at radius 1 is 1.00 bits per heavy atom. The van der Waals surface area contributed by atoms with Gasteiger partial charge in [-0.25, -0.2) is 9.97 Å². The number of methoxy groups -OCH3 is 1. The maximum Gasteiger partial charge on any atom is 0.160 e. The van der Waals surface area contributed by atoms with E-state index in [1.165, 1.54) is 0 Å². The predicted octanol–water partition coefficient (Wildman–Crippen LogP) is 2.26. The van der Waals surface area contributed by atoms with E-state index < -0.39 is 0 Å². The van der Waals surface area contributed by atoms with E-state index in [4.69, 9.17) is 4.74 Å². The molecule has 0 N–H and O–H groups in total. The molecule has 0 aliphatic heterocycles. The number of rotatable bonds is 4. The Hall–Kier alpha value is -2.40. The fourth-order valence-corrected chi connectivity index (χ4v) is 2.06. The average Bonchev–Trinajstić information content (AvgIpc) is 3.14. The summed E-state index contributed by atoms with van der Waals surface area (Å²) < 4.78 is 9.40. The summed E-state index contributed by atoms with van der Waals surface area (Å²) in [6.07, 6.45) is 10.7. The number of nitrogens with zero attached hydrogens (tertiary/aromatic N) is 4. The number of hydrogen-bond acceptors (Lipinski definition) is 3. The average molecular weight is 254 g/mol. The lowest BCUT2D eigenvalue weighted by Crippen LogP contribution is -2.10. The molecule has 0 spiro atoms. The van der Waals surface area contributed by atoms with Crippen LogP contribution in [0.1, 0.15) is 11.8 Å². The number of benzene rings is 1. The predicted molar refractivity (Wildman–Crippen MR) is 70.9 cm³/mol. The molecule has 0 bridgehead atoms. The molecule has 0 fully saturated rings. The minimum absolute atomic E-state index is 0.153. The summed E-state index contributed by atoms with van der Waals surface area (Å²) >= 11 is 0. The van der Waals surface area contributed by atoms with Crippen LogP contribution in [0.15, 0.2) is 61.7 Å². The van der Waals surface area contributed by atoms with Crippen LogP contribution >= 0.6 is 0 Å². The summed E-state index contributed by atoms with van der Waals surface area (Å²) in [4.78, 5) is 8.08. The van der Waals surface area contributed by atoms with Crippen LogP contribution in [0.3, 0.4) is 0 Å². The second-order valence-electron chi connectivity index (χ2n) is 4.16. The first-order valence-electron chi connectivity index (χ1n) is 5.97. The molecule has 0 radical (unpaired) electrons. The van der Waals surface area contributed by atoms with Gasteiger partial charge in [0.1, 0.15) is 0 Å². The van der Waals surface area contributed by atoms with E-state index in [0.717, 1.165) is 11.3 Å². The highest BCUT2D eigenvalue weighted by Crippen LogP contribution is 2.20. The van der Waals surface area contributed by atoms with Crippen molar-refractivity contribution in [3.05, 3.63) is 67.3 Å². The smallest absolute Gasteiger partial charge is 0.160 e. The Morgan fingerprint density at radius 3 is 2.32 bits per heavy atom. The summed E-state index contributed by atoms with van der Waals surface area (Å²) in [6, 6.07) is 8.17. The molecule has 0 amide bonds. The molecule has 2 heterocycles. The van der Waals surface area contributed by atoms with Crippen LogP contribution < -0.4 is 0 Å². The highest BCUT2D eigenvalue weighted by molar-refractivity contribution is 5.35. The summed E-state index contributed by atoms with van der Waals surface area (Å²) in [5.74, 6) is 0. The summed E-state index contributed by atoms with van der Waals surface area (Å²) in [7, 11) is 1.69. The van der Waals surface area contributed by atoms with Crippen LogP contribution in [0.2, 0.25) is 0 Å². The monoisotopic (exact) mass is 254 g/mol. The third-order valence-corrected chi connectivity index (χ3v) is 3.00. The molecule has 1 unspecified atom stereocenters. The highest BCUT2D eigenvalue weighted by atomic mass is 16.5. The van der Waals surface area contributed by atoms with E-state index in [0.29, 0.717) is 0 Å². The maximum absolute atomic E-state index is 5.52. The largest absolute Gasteiger partial charge is 0.357 e. The minimum Gasteiger partial charge on any atom is -0.357 e. The van der Waals surface area contributed by atoms with Crippen LogP contribution in [0.5, 0.6) is 0 Å². The van der Waals surface area contributed by atoms with Crippen molar-refractivity contribution in [2.24, 2.45) is 0 Å². The standard InChI is InChI=1S/C14H14N4O/c1-19-14(18-9-7-16-11-18)12-2-4-13(5-3-12)17-8-6-15-10-17/h2-11,14H,1H3. The Morgan fingerprint density at radius 2 is 1.74 bits per heavy atom. The lowest BCUT2D eigenvalue weighted by molar-refractivity contribution is 0.0785. The van der Waals surface area contributed by atoms with Crippen molar-refractivity contribution in [2.45, 2.75) is 6.23 Å². The Labute approximate surface area is 111 Å². The first-order valence-corrected chi connectivity index (χ1v) is 5.97. The van der Waals surface area contributed by atoms with Crippen molar-refractivity contribution in [1.29, 1.82) is 0 Å². The van der Waals surface area contributed by atoms with Crippen LogP contribution in [0.25, 0.3) is 5.69 Å². The van der Waals surface area contributed by atoms with Gasteiger partial charge in [-0.2, -0.15) is 0 Å². The molecular weight excluding hydrogens is 240 g/mol. The molecule has 0 aliphatic rings. The third kappa shape index (κ3) is 2.28. The van der Waals surface area contributed by atoms with Gasteiger partial charge in [-0.05, 0) is 12.1 Å². The van der Waals surface area contributed by atoms with Crippen molar-refractivity contribution in [3.8, 4) is 5.69 Å². The van der Waals surface area contributed by atoms with Crippen molar-refractivity contribution in [2.75, 3.05) is 7.11 Å². The SMILES string of the molecule is COC(c1ccc(-n2ccnc2)cc1)n1ccnc1. The van der Waals surface area contributed by atoms with Crippen LogP contribution in [-0.4, -0.2) is 26.2 Å². The zero-order chi connectivity index (χ0) is 13.1. The minimum atomic E-state index is -0.153. The molecule has 19 heavy (non-hydrogen) atoms. The van der Waals surface area contributed by atoms with Gasteiger partial charge in [-0.15, -0.1) is 0 Å². The summed E-state index contributed by atoms with van der Waals surface area (Å²) in [5, 5.41) is 0. The number of aromatic nitrogens is 4. The molecule has 0 aliphatic carbocycles. The molecular formula is C14H14N4O. The molecule has 5 heteroatoms. The normalized spacial score (nSPS) is 12.5. The van der Waals surface area contributed by atoms with Crippen molar-refractivity contribution in [3.63, 3.8) is 0 Å². The molecule has 0 saturated heterocycles. The van der Waals surface area contributed by atoms with Crippen molar-refractivity contribution >= 4 is 0 Å². The maximum atomic E-state index is 5.52. The molecule has 3 rings (SSSR count). The van der Waals surface area contributed by atoms with E-state index in [9.17, 15) is 0 Å². The summed E-state index contributed by atoms with van der Waals surface area (Å²) in [5.41, 5.74) is 2.14. The molecule has 5 nitrogen and oxygen atoms in total.